The molecule has 120 valence electrons. The van der Waals surface area contributed by atoms with Crippen LogP contribution in [0.4, 0.5) is 17.5 Å². The van der Waals surface area contributed by atoms with Gasteiger partial charge in [0.05, 0.1) is 4.92 Å². The maximum atomic E-state index is 10.7. The van der Waals surface area contributed by atoms with Crippen LogP contribution in [-0.4, -0.2) is 46.1 Å². The maximum Gasteiger partial charge on any atom is 0.287 e. The van der Waals surface area contributed by atoms with Crippen LogP contribution in [0, 0.1) is 24.0 Å². The summed E-state index contributed by atoms with van der Waals surface area (Å²) in [6, 6.07) is 5.14. The maximum absolute atomic E-state index is 10.7. The highest BCUT2D eigenvalue weighted by molar-refractivity contribution is 5.45. The van der Waals surface area contributed by atoms with E-state index in [1.807, 2.05) is 19.9 Å². The zero-order valence-corrected chi connectivity index (χ0v) is 13.1. The lowest BCUT2D eigenvalue weighted by Gasteiger charge is -2.35. The molecule has 0 spiro atoms. The molecule has 0 aromatic carbocycles. The van der Waals surface area contributed by atoms with Gasteiger partial charge in [-0.25, -0.2) is 15.0 Å². The van der Waals surface area contributed by atoms with E-state index in [-0.39, 0.29) is 5.69 Å². The molecule has 8 heteroatoms. The Hall–Kier alpha value is -2.77. The number of anilines is 2. The van der Waals surface area contributed by atoms with Crippen molar-refractivity contribution in [3.05, 3.63) is 45.9 Å². The van der Waals surface area contributed by atoms with E-state index in [2.05, 4.69) is 24.8 Å². The lowest BCUT2D eigenvalue weighted by molar-refractivity contribution is -0.385. The minimum Gasteiger partial charge on any atom is -0.353 e. The zero-order chi connectivity index (χ0) is 16.4. The summed E-state index contributed by atoms with van der Waals surface area (Å²) in [6.07, 6.45) is 1.30. The number of rotatable bonds is 3. The molecule has 0 bridgehead atoms. The van der Waals surface area contributed by atoms with Gasteiger partial charge in [0.2, 0.25) is 5.95 Å². The smallest absolute Gasteiger partial charge is 0.287 e. The van der Waals surface area contributed by atoms with Crippen LogP contribution in [0.5, 0.6) is 0 Å². The molecule has 3 heterocycles. The predicted molar refractivity (Wildman–Crippen MR) is 86.8 cm³/mol. The fourth-order valence-corrected chi connectivity index (χ4v) is 2.66. The van der Waals surface area contributed by atoms with Crippen LogP contribution in [0.3, 0.4) is 0 Å². The molecular weight excluding hydrogens is 296 g/mol. The highest BCUT2D eigenvalue weighted by Crippen LogP contribution is 2.19. The lowest BCUT2D eigenvalue weighted by atomic mass is 10.3. The Morgan fingerprint density at radius 3 is 2.17 bits per heavy atom. The van der Waals surface area contributed by atoms with Crippen molar-refractivity contribution >= 4 is 17.5 Å². The van der Waals surface area contributed by atoms with E-state index in [1.54, 1.807) is 6.07 Å². The third kappa shape index (κ3) is 3.36. The molecule has 0 saturated carbocycles. The molecule has 8 nitrogen and oxygen atoms in total. The number of aryl methyl sites for hydroxylation is 2. The first-order chi connectivity index (χ1) is 11.0. The van der Waals surface area contributed by atoms with E-state index in [0.29, 0.717) is 0 Å². The van der Waals surface area contributed by atoms with Crippen LogP contribution in [0.1, 0.15) is 11.4 Å². The second-order valence-corrected chi connectivity index (χ2v) is 5.56. The molecule has 0 amide bonds. The van der Waals surface area contributed by atoms with Crippen LogP contribution >= 0.6 is 0 Å². The number of aromatic nitrogens is 3. The quantitative estimate of drug-likeness (QED) is 0.629. The molecule has 0 aliphatic carbocycles. The third-order valence-electron chi connectivity index (χ3n) is 3.80. The van der Waals surface area contributed by atoms with Gasteiger partial charge in [0, 0.05) is 43.6 Å². The standard InChI is InChI=1S/C15H18N6O2/c1-11-9-12(2)18-15(17-11)20-7-5-19(6-8-20)14-4-3-13(10-16-14)21(22)23/h3-4,9-10H,5-8H2,1-2H3. The normalized spacial score (nSPS) is 14.9. The van der Waals surface area contributed by atoms with Crippen LogP contribution < -0.4 is 9.80 Å². The van der Waals surface area contributed by atoms with Gasteiger partial charge in [-0.15, -0.1) is 0 Å². The van der Waals surface area contributed by atoms with Gasteiger partial charge in [-0.2, -0.15) is 0 Å². The van der Waals surface area contributed by atoms with Crippen molar-refractivity contribution in [1.29, 1.82) is 0 Å². The molecule has 0 unspecified atom stereocenters. The van der Waals surface area contributed by atoms with Crippen molar-refractivity contribution in [3.8, 4) is 0 Å². The summed E-state index contributed by atoms with van der Waals surface area (Å²) in [6.45, 7) is 7.08. The minimum absolute atomic E-state index is 0.0102. The molecule has 23 heavy (non-hydrogen) atoms. The van der Waals surface area contributed by atoms with E-state index in [4.69, 9.17) is 0 Å². The van der Waals surface area contributed by atoms with Gasteiger partial charge >= 0.3 is 0 Å². The molecule has 1 saturated heterocycles. The largest absolute Gasteiger partial charge is 0.353 e. The van der Waals surface area contributed by atoms with Gasteiger partial charge in [0.15, 0.2) is 0 Å². The minimum atomic E-state index is -0.438. The van der Waals surface area contributed by atoms with Gasteiger partial charge < -0.3 is 9.80 Å². The van der Waals surface area contributed by atoms with Gasteiger partial charge in [0.25, 0.3) is 5.69 Å². The van der Waals surface area contributed by atoms with E-state index in [1.165, 1.54) is 12.3 Å². The molecule has 2 aromatic heterocycles. The number of nitro groups is 1. The second kappa shape index (κ2) is 6.15. The number of piperazine rings is 1. The van der Waals surface area contributed by atoms with Crippen molar-refractivity contribution in [2.24, 2.45) is 0 Å². The number of pyridine rings is 1. The predicted octanol–water partition coefficient (Wildman–Crippen LogP) is 1.72. The fraction of sp³-hybridized carbons (Fsp3) is 0.400. The second-order valence-electron chi connectivity index (χ2n) is 5.56. The molecule has 1 fully saturated rings. The highest BCUT2D eigenvalue weighted by Gasteiger charge is 2.20. The van der Waals surface area contributed by atoms with Gasteiger partial charge in [-0.05, 0) is 26.0 Å². The fourth-order valence-electron chi connectivity index (χ4n) is 2.66. The Morgan fingerprint density at radius 2 is 1.65 bits per heavy atom. The summed E-state index contributed by atoms with van der Waals surface area (Å²) in [4.78, 5) is 27.7. The number of nitrogens with zero attached hydrogens (tertiary/aromatic N) is 6. The van der Waals surface area contributed by atoms with Gasteiger partial charge in [0.1, 0.15) is 12.0 Å². The van der Waals surface area contributed by atoms with E-state index >= 15 is 0 Å². The lowest BCUT2D eigenvalue weighted by Crippen LogP contribution is -2.47. The average molecular weight is 314 g/mol. The summed E-state index contributed by atoms with van der Waals surface area (Å²) >= 11 is 0. The topological polar surface area (TPSA) is 88.3 Å². The van der Waals surface area contributed by atoms with Gasteiger partial charge in [-0.3, -0.25) is 10.1 Å². The van der Waals surface area contributed by atoms with Crippen molar-refractivity contribution in [1.82, 2.24) is 15.0 Å². The van der Waals surface area contributed by atoms with Crippen molar-refractivity contribution in [2.75, 3.05) is 36.0 Å². The van der Waals surface area contributed by atoms with E-state index in [9.17, 15) is 10.1 Å². The molecular formula is C15H18N6O2. The van der Waals surface area contributed by atoms with Crippen LogP contribution in [0.15, 0.2) is 24.4 Å². The summed E-state index contributed by atoms with van der Waals surface area (Å²) in [7, 11) is 0. The Morgan fingerprint density at radius 1 is 1.04 bits per heavy atom. The first-order valence-corrected chi connectivity index (χ1v) is 7.45. The molecule has 0 atom stereocenters. The third-order valence-corrected chi connectivity index (χ3v) is 3.80. The molecule has 1 aliphatic heterocycles. The number of hydrogen-bond acceptors (Lipinski definition) is 7. The van der Waals surface area contributed by atoms with Crippen LogP contribution in [0.25, 0.3) is 0 Å². The molecule has 3 rings (SSSR count). The van der Waals surface area contributed by atoms with Crippen LogP contribution in [-0.2, 0) is 0 Å². The van der Waals surface area contributed by atoms with Crippen molar-refractivity contribution < 1.29 is 4.92 Å². The summed E-state index contributed by atoms with van der Waals surface area (Å²) in [5, 5.41) is 10.7. The molecule has 1 aliphatic rings. The first-order valence-electron chi connectivity index (χ1n) is 7.45. The van der Waals surface area contributed by atoms with Gasteiger partial charge in [-0.1, -0.05) is 0 Å². The van der Waals surface area contributed by atoms with Crippen LogP contribution in [0.2, 0.25) is 0 Å². The Kier molecular flexibility index (Phi) is 4.05. The monoisotopic (exact) mass is 314 g/mol. The Balaban J connectivity index is 1.67. The summed E-state index contributed by atoms with van der Waals surface area (Å²) in [5.74, 6) is 1.52. The Bertz CT molecular complexity index is 690. The SMILES string of the molecule is Cc1cc(C)nc(N2CCN(c3ccc([N+](=O)[O-])cn3)CC2)n1. The summed E-state index contributed by atoms with van der Waals surface area (Å²) in [5.41, 5.74) is 1.94. The molecule has 0 radical (unpaired) electrons. The number of hydrogen-bond donors (Lipinski definition) is 0. The highest BCUT2D eigenvalue weighted by atomic mass is 16.6. The van der Waals surface area contributed by atoms with E-state index < -0.39 is 4.92 Å². The summed E-state index contributed by atoms with van der Waals surface area (Å²) < 4.78 is 0. The van der Waals surface area contributed by atoms with E-state index in [0.717, 1.165) is 49.3 Å². The zero-order valence-electron chi connectivity index (χ0n) is 13.1. The van der Waals surface area contributed by atoms with Crippen molar-refractivity contribution in [2.45, 2.75) is 13.8 Å². The Labute approximate surface area is 134 Å². The first kappa shape index (κ1) is 15.1. The molecule has 0 N–H and O–H groups in total. The molecule has 2 aromatic rings. The average Bonchev–Trinajstić information content (AvgIpc) is 2.54. The van der Waals surface area contributed by atoms with Crippen molar-refractivity contribution in [3.63, 3.8) is 0 Å².